The van der Waals surface area contributed by atoms with Crippen molar-refractivity contribution < 1.29 is 9.59 Å². The average molecular weight is 343 g/mol. The van der Waals surface area contributed by atoms with Gasteiger partial charge < -0.3 is 15.6 Å². The first kappa shape index (κ1) is 17.4. The Morgan fingerprint density at radius 2 is 2.24 bits per heavy atom. The smallest absolute Gasteiger partial charge is 0.237 e. The van der Waals surface area contributed by atoms with E-state index in [2.05, 4.69) is 25.5 Å². The van der Waals surface area contributed by atoms with Gasteiger partial charge in [0.15, 0.2) is 0 Å². The summed E-state index contributed by atoms with van der Waals surface area (Å²) in [7, 11) is 0. The minimum atomic E-state index is -0.397. The second kappa shape index (κ2) is 7.23. The molecule has 0 bridgehead atoms. The van der Waals surface area contributed by atoms with Crippen LogP contribution in [0.3, 0.4) is 0 Å². The zero-order valence-electron chi connectivity index (χ0n) is 14.9. The fourth-order valence-corrected chi connectivity index (χ4v) is 3.30. The molecule has 2 amide bonds. The Balaban J connectivity index is 1.60. The van der Waals surface area contributed by atoms with Gasteiger partial charge >= 0.3 is 0 Å². The van der Waals surface area contributed by atoms with Crippen LogP contribution in [-0.2, 0) is 16.1 Å². The topological polar surface area (TPSA) is 90.1 Å². The van der Waals surface area contributed by atoms with Crippen molar-refractivity contribution in [2.45, 2.75) is 45.8 Å². The number of rotatable bonds is 5. The fraction of sp³-hybridized carbons (Fsp3) is 0.500. The fourth-order valence-electron chi connectivity index (χ4n) is 3.30. The summed E-state index contributed by atoms with van der Waals surface area (Å²) in [6.07, 6.45) is 0.176. The van der Waals surface area contributed by atoms with Gasteiger partial charge in [0.1, 0.15) is 5.82 Å². The van der Waals surface area contributed by atoms with E-state index in [1.54, 1.807) is 0 Å². The van der Waals surface area contributed by atoms with Crippen molar-refractivity contribution in [1.82, 2.24) is 25.5 Å². The van der Waals surface area contributed by atoms with Gasteiger partial charge in [-0.25, -0.2) is 4.98 Å². The zero-order valence-corrected chi connectivity index (χ0v) is 14.9. The normalized spacial score (nSPS) is 18.6. The first-order chi connectivity index (χ1) is 11.9. The van der Waals surface area contributed by atoms with Crippen molar-refractivity contribution in [3.05, 3.63) is 29.6 Å². The maximum absolute atomic E-state index is 12.3. The van der Waals surface area contributed by atoms with Gasteiger partial charge in [-0.05, 0) is 38.5 Å². The lowest BCUT2D eigenvalue weighted by atomic mass is 10.1. The molecular formula is C18H25N5O2. The van der Waals surface area contributed by atoms with E-state index in [0.717, 1.165) is 29.0 Å². The Bertz CT molecular complexity index is 783. The van der Waals surface area contributed by atoms with Crippen LogP contribution in [0.4, 0.5) is 0 Å². The molecule has 3 rings (SSSR count). The first-order valence-corrected chi connectivity index (χ1v) is 8.69. The van der Waals surface area contributed by atoms with Gasteiger partial charge in [0.2, 0.25) is 11.8 Å². The summed E-state index contributed by atoms with van der Waals surface area (Å²) in [5.41, 5.74) is 2.87. The molecule has 7 heteroatoms. The molecule has 1 aromatic carbocycles. The molecule has 2 heterocycles. The third kappa shape index (κ3) is 3.99. The van der Waals surface area contributed by atoms with Crippen LogP contribution in [0.5, 0.6) is 0 Å². The van der Waals surface area contributed by atoms with E-state index in [1.165, 1.54) is 0 Å². The summed E-state index contributed by atoms with van der Waals surface area (Å²) in [4.78, 5) is 34.1. The molecule has 0 aliphatic carbocycles. The highest BCUT2D eigenvalue weighted by molar-refractivity contribution is 5.88. The van der Waals surface area contributed by atoms with E-state index >= 15 is 0 Å². The number of nitrogens with one attached hydrogen (secondary N) is 3. The lowest BCUT2D eigenvalue weighted by molar-refractivity contribution is -0.134. The molecule has 1 fully saturated rings. The first-order valence-electron chi connectivity index (χ1n) is 8.69. The van der Waals surface area contributed by atoms with Crippen LogP contribution in [0.1, 0.15) is 31.7 Å². The molecule has 3 N–H and O–H groups in total. The predicted octanol–water partition coefficient (Wildman–Crippen LogP) is 1.09. The molecule has 1 aliphatic heterocycles. The number of hydrogen-bond acceptors (Lipinski definition) is 4. The second-order valence-corrected chi connectivity index (χ2v) is 6.79. The number of H-pyrrole nitrogens is 1. The second-order valence-electron chi connectivity index (χ2n) is 6.79. The SMILES string of the molecule is Cc1nc2ccc(CNC(=O)C[C@H]3C(=O)NCCN3C(C)C)cc2[nH]1. The van der Waals surface area contributed by atoms with Crippen LogP contribution in [0.15, 0.2) is 18.2 Å². The highest BCUT2D eigenvalue weighted by atomic mass is 16.2. The van der Waals surface area contributed by atoms with Crippen molar-refractivity contribution in [3.63, 3.8) is 0 Å². The molecule has 2 aromatic rings. The van der Waals surface area contributed by atoms with E-state index in [4.69, 9.17) is 0 Å². The van der Waals surface area contributed by atoms with Crippen LogP contribution in [-0.4, -0.2) is 51.9 Å². The largest absolute Gasteiger partial charge is 0.353 e. The molecule has 0 unspecified atom stereocenters. The summed E-state index contributed by atoms with van der Waals surface area (Å²) < 4.78 is 0. The van der Waals surface area contributed by atoms with Gasteiger partial charge in [-0.3, -0.25) is 14.5 Å². The van der Waals surface area contributed by atoms with Crippen molar-refractivity contribution in [2.75, 3.05) is 13.1 Å². The minimum Gasteiger partial charge on any atom is -0.353 e. The quantitative estimate of drug-likeness (QED) is 0.758. The van der Waals surface area contributed by atoms with Crippen LogP contribution in [0.25, 0.3) is 11.0 Å². The highest BCUT2D eigenvalue weighted by Gasteiger charge is 2.32. The zero-order chi connectivity index (χ0) is 18.0. The molecular weight excluding hydrogens is 318 g/mol. The summed E-state index contributed by atoms with van der Waals surface area (Å²) in [6, 6.07) is 5.72. The number of carbonyl (C=O) groups is 2. The number of amides is 2. The van der Waals surface area contributed by atoms with E-state index in [1.807, 2.05) is 39.0 Å². The molecule has 134 valence electrons. The summed E-state index contributed by atoms with van der Waals surface area (Å²) in [5, 5.41) is 5.76. The Morgan fingerprint density at radius 3 is 3.00 bits per heavy atom. The number of carbonyl (C=O) groups excluding carboxylic acids is 2. The van der Waals surface area contributed by atoms with E-state index < -0.39 is 6.04 Å². The van der Waals surface area contributed by atoms with Gasteiger partial charge in [-0.1, -0.05) is 6.07 Å². The standard InChI is InChI=1S/C18H25N5O2/c1-11(2)23-7-6-19-18(25)16(23)9-17(24)20-10-13-4-5-14-15(8-13)22-12(3)21-14/h4-5,8,11,16H,6-7,9-10H2,1-3H3,(H,19,25)(H,20,24)(H,21,22)/t16-/m0/s1. The number of aryl methyl sites for hydroxylation is 1. The average Bonchev–Trinajstić information content (AvgIpc) is 2.93. The summed E-state index contributed by atoms with van der Waals surface area (Å²) in [6.45, 7) is 7.85. The number of benzene rings is 1. The Labute approximate surface area is 147 Å². The van der Waals surface area contributed by atoms with Crippen molar-refractivity contribution >= 4 is 22.8 Å². The summed E-state index contributed by atoms with van der Waals surface area (Å²) in [5.74, 6) is 0.686. The van der Waals surface area contributed by atoms with Crippen LogP contribution in [0.2, 0.25) is 0 Å². The maximum Gasteiger partial charge on any atom is 0.237 e. The molecule has 7 nitrogen and oxygen atoms in total. The monoisotopic (exact) mass is 343 g/mol. The van der Waals surface area contributed by atoms with Gasteiger partial charge in [0.25, 0.3) is 0 Å². The third-order valence-corrected chi connectivity index (χ3v) is 4.57. The van der Waals surface area contributed by atoms with Crippen molar-refractivity contribution in [3.8, 4) is 0 Å². The highest BCUT2D eigenvalue weighted by Crippen LogP contribution is 2.15. The molecule has 0 radical (unpaired) electrons. The van der Waals surface area contributed by atoms with Crippen LogP contribution < -0.4 is 10.6 Å². The van der Waals surface area contributed by atoms with Gasteiger partial charge in [0.05, 0.1) is 23.5 Å². The molecule has 25 heavy (non-hydrogen) atoms. The van der Waals surface area contributed by atoms with Gasteiger partial charge in [-0.2, -0.15) is 0 Å². The van der Waals surface area contributed by atoms with E-state index in [9.17, 15) is 9.59 Å². The van der Waals surface area contributed by atoms with Gasteiger partial charge in [-0.15, -0.1) is 0 Å². The van der Waals surface area contributed by atoms with E-state index in [-0.39, 0.29) is 24.3 Å². The predicted molar refractivity (Wildman–Crippen MR) is 95.9 cm³/mol. The summed E-state index contributed by atoms with van der Waals surface area (Å²) >= 11 is 0. The Kier molecular flexibility index (Phi) is 5.03. The molecule has 1 aliphatic rings. The van der Waals surface area contributed by atoms with Crippen LogP contribution >= 0.6 is 0 Å². The van der Waals surface area contributed by atoms with Crippen LogP contribution in [0, 0.1) is 6.92 Å². The Hall–Kier alpha value is -2.41. The number of aromatic nitrogens is 2. The van der Waals surface area contributed by atoms with E-state index in [0.29, 0.717) is 13.1 Å². The van der Waals surface area contributed by atoms with Crippen molar-refractivity contribution in [2.24, 2.45) is 0 Å². The van der Waals surface area contributed by atoms with Gasteiger partial charge in [0, 0.05) is 25.7 Å². The molecule has 1 saturated heterocycles. The number of fused-ring (bicyclic) bond motifs is 1. The number of nitrogens with zero attached hydrogens (tertiary/aromatic N) is 2. The molecule has 0 saturated carbocycles. The number of imidazole rings is 1. The minimum absolute atomic E-state index is 0.0653. The lowest BCUT2D eigenvalue weighted by Gasteiger charge is -2.37. The molecule has 1 atom stereocenters. The number of hydrogen-bond donors (Lipinski definition) is 3. The van der Waals surface area contributed by atoms with Crippen molar-refractivity contribution in [1.29, 1.82) is 0 Å². The lowest BCUT2D eigenvalue weighted by Crippen LogP contribution is -2.58. The maximum atomic E-state index is 12.3. The number of aromatic amines is 1. The molecule has 0 spiro atoms. The molecule has 1 aromatic heterocycles. The third-order valence-electron chi connectivity index (χ3n) is 4.57. The Morgan fingerprint density at radius 1 is 1.44 bits per heavy atom. The number of piperazine rings is 1.